The third kappa shape index (κ3) is 3.71. The zero-order valence-corrected chi connectivity index (χ0v) is 12.0. The highest BCUT2D eigenvalue weighted by Crippen LogP contribution is 2.20. The van der Waals surface area contributed by atoms with Crippen LogP contribution in [0, 0.1) is 0 Å². The number of hydrogen-bond donors (Lipinski definition) is 3. The number of hydrogen-bond acceptors (Lipinski definition) is 5. The second kappa shape index (κ2) is 5.80. The highest BCUT2D eigenvalue weighted by Gasteiger charge is 2.36. The quantitative estimate of drug-likeness (QED) is 0.757. The Bertz CT molecular complexity index is 583. The number of rotatable bonds is 4. The van der Waals surface area contributed by atoms with Crippen LogP contribution >= 0.6 is 0 Å². The van der Waals surface area contributed by atoms with Crippen molar-refractivity contribution in [1.29, 1.82) is 0 Å². The van der Waals surface area contributed by atoms with E-state index in [1.54, 1.807) is 31.2 Å². The third-order valence-electron chi connectivity index (χ3n) is 3.16. The molecule has 2 unspecified atom stereocenters. The van der Waals surface area contributed by atoms with Crippen LogP contribution in [0.1, 0.15) is 13.3 Å². The molecule has 110 valence electrons. The first-order valence-electron chi connectivity index (χ1n) is 6.44. The van der Waals surface area contributed by atoms with Crippen molar-refractivity contribution < 1.29 is 18.3 Å². The van der Waals surface area contributed by atoms with Gasteiger partial charge in [0.25, 0.3) is 0 Å². The summed E-state index contributed by atoms with van der Waals surface area (Å²) in [5.41, 5.74) is 1.39. The summed E-state index contributed by atoms with van der Waals surface area (Å²) in [5, 5.41) is 15.4. The lowest BCUT2D eigenvalue weighted by Crippen LogP contribution is -2.31. The Hall–Kier alpha value is -1.60. The molecule has 2 atom stereocenters. The summed E-state index contributed by atoms with van der Waals surface area (Å²) >= 11 is 0. The van der Waals surface area contributed by atoms with Gasteiger partial charge in [0, 0.05) is 17.8 Å². The van der Waals surface area contributed by atoms with Crippen LogP contribution in [-0.4, -0.2) is 43.1 Å². The van der Waals surface area contributed by atoms with Gasteiger partial charge in [0.15, 0.2) is 9.84 Å². The first-order valence-corrected chi connectivity index (χ1v) is 8.26. The molecule has 1 aliphatic rings. The van der Waals surface area contributed by atoms with Gasteiger partial charge in [0.05, 0.1) is 23.7 Å². The number of sulfone groups is 1. The number of anilines is 2. The highest BCUT2D eigenvalue weighted by molar-refractivity contribution is 7.91. The number of carbonyl (C=O) groups excluding carboxylic acids is 1. The molecule has 0 saturated carbocycles. The van der Waals surface area contributed by atoms with Gasteiger partial charge in [0.1, 0.15) is 0 Å². The van der Waals surface area contributed by atoms with Crippen molar-refractivity contribution >= 4 is 27.1 Å². The lowest BCUT2D eigenvalue weighted by molar-refractivity contribution is -0.115. The molecule has 0 spiro atoms. The lowest BCUT2D eigenvalue weighted by Gasteiger charge is -2.16. The Morgan fingerprint density at radius 1 is 1.25 bits per heavy atom. The van der Waals surface area contributed by atoms with Crippen molar-refractivity contribution in [2.75, 3.05) is 22.1 Å². The van der Waals surface area contributed by atoms with E-state index in [0.717, 1.165) is 0 Å². The van der Waals surface area contributed by atoms with E-state index in [1.165, 1.54) is 0 Å². The van der Waals surface area contributed by atoms with Crippen LogP contribution in [0.5, 0.6) is 0 Å². The zero-order valence-electron chi connectivity index (χ0n) is 11.2. The number of aliphatic hydroxyl groups excluding tert-OH is 1. The number of carbonyl (C=O) groups is 1. The first kappa shape index (κ1) is 14.8. The normalized spacial score (nSPS) is 24.3. The van der Waals surface area contributed by atoms with Crippen molar-refractivity contribution in [2.24, 2.45) is 0 Å². The summed E-state index contributed by atoms with van der Waals surface area (Å²) < 4.78 is 22.8. The molecule has 0 aromatic heterocycles. The van der Waals surface area contributed by atoms with E-state index in [-0.39, 0.29) is 17.4 Å². The van der Waals surface area contributed by atoms with E-state index >= 15 is 0 Å². The summed E-state index contributed by atoms with van der Waals surface area (Å²) in [5.74, 6) is -0.333. The predicted octanol–water partition coefficient (Wildman–Crippen LogP) is 0.605. The average molecular weight is 298 g/mol. The lowest BCUT2D eigenvalue weighted by atomic mass is 10.2. The SMILES string of the molecule is CCC(=O)Nc1ccc(NC2CS(=O)(=O)CC2O)cc1. The Kier molecular flexibility index (Phi) is 4.29. The largest absolute Gasteiger partial charge is 0.390 e. The molecule has 2 rings (SSSR count). The highest BCUT2D eigenvalue weighted by atomic mass is 32.2. The Labute approximate surface area is 118 Å². The maximum atomic E-state index is 11.4. The first-order chi connectivity index (χ1) is 9.39. The Balaban J connectivity index is 1.99. The van der Waals surface area contributed by atoms with Crippen LogP contribution in [0.2, 0.25) is 0 Å². The van der Waals surface area contributed by atoms with Crippen LogP contribution in [-0.2, 0) is 14.6 Å². The molecule has 0 radical (unpaired) electrons. The van der Waals surface area contributed by atoms with E-state index in [9.17, 15) is 18.3 Å². The van der Waals surface area contributed by atoms with Crippen LogP contribution in [0.25, 0.3) is 0 Å². The van der Waals surface area contributed by atoms with Crippen LogP contribution in [0.4, 0.5) is 11.4 Å². The molecule has 3 N–H and O–H groups in total. The summed E-state index contributed by atoms with van der Waals surface area (Å²) in [6, 6.07) is 6.44. The minimum absolute atomic E-state index is 0.0667. The predicted molar refractivity (Wildman–Crippen MR) is 77.4 cm³/mol. The molecule has 1 aromatic carbocycles. The maximum Gasteiger partial charge on any atom is 0.224 e. The van der Waals surface area contributed by atoms with Crippen molar-refractivity contribution in [3.05, 3.63) is 24.3 Å². The second-order valence-corrected chi connectivity index (χ2v) is 7.03. The molecule has 1 amide bonds. The van der Waals surface area contributed by atoms with E-state index in [4.69, 9.17) is 0 Å². The Morgan fingerprint density at radius 3 is 2.35 bits per heavy atom. The van der Waals surface area contributed by atoms with Gasteiger partial charge in [-0.3, -0.25) is 4.79 Å². The molecule has 1 fully saturated rings. The average Bonchev–Trinajstić information content (AvgIpc) is 2.64. The fourth-order valence-electron chi connectivity index (χ4n) is 2.08. The van der Waals surface area contributed by atoms with Crippen LogP contribution in [0.3, 0.4) is 0 Å². The fourth-order valence-corrected chi connectivity index (χ4v) is 3.82. The molecule has 1 heterocycles. The van der Waals surface area contributed by atoms with Gasteiger partial charge in [0.2, 0.25) is 5.91 Å². The number of amides is 1. The van der Waals surface area contributed by atoms with Gasteiger partial charge >= 0.3 is 0 Å². The van der Waals surface area contributed by atoms with Crippen LogP contribution < -0.4 is 10.6 Å². The molecule has 0 aliphatic carbocycles. The van der Waals surface area contributed by atoms with Crippen molar-refractivity contribution in [3.8, 4) is 0 Å². The molecular formula is C13H18N2O4S. The monoisotopic (exact) mass is 298 g/mol. The van der Waals surface area contributed by atoms with Gasteiger partial charge in [-0.05, 0) is 24.3 Å². The van der Waals surface area contributed by atoms with Crippen molar-refractivity contribution in [1.82, 2.24) is 0 Å². The Morgan fingerprint density at radius 2 is 1.85 bits per heavy atom. The van der Waals surface area contributed by atoms with Gasteiger partial charge in [-0.25, -0.2) is 8.42 Å². The van der Waals surface area contributed by atoms with E-state index < -0.39 is 22.0 Å². The smallest absolute Gasteiger partial charge is 0.224 e. The van der Waals surface area contributed by atoms with Crippen LogP contribution in [0.15, 0.2) is 24.3 Å². The summed E-state index contributed by atoms with van der Waals surface area (Å²) in [6.07, 6.45) is -0.481. The molecular weight excluding hydrogens is 280 g/mol. The number of aliphatic hydroxyl groups is 1. The van der Waals surface area contributed by atoms with Crippen molar-refractivity contribution in [2.45, 2.75) is 25.5 Å². The van der Waals surface area contributed by atoms with Crippen molar-refractivity contribution in [3.63, 3.8) is 0 Å². The molecule has 7 heteroatoms. The van der Waals surface area contributed by atoms with E-state index in [2.05, 4.69) is 10.6 Å². The second-order valence-electron chi connectivity index (χ2n) is 4.87. The maximum absolute atomic E-state index is 11.4. The molecule has 20 heavy (non-hydrogen) atoms. The van der Waals surface area contributed by atoms with Gasteiger partial charge < -0.3 is 15.7 Å². The van der Waals surface area contributed by atoms with Gasteiger partial charge in [-0.1, -0.05) is 6.92 Å². The fraction of sp³-hybridized carbons (Fsp3) is 0.462. The minimum Gasteiger partial charge on any atom is -0.390 e. The number of nitrogens with one attached hydrogen (secondary N) is 2. The summed E-state index contributed by atoms with van der Waals surface area (Å²) in [4.78, 5) is 11.2. The van der Waals surface area contributed by atoms with Gasteiger partial charge in [-0.2, -0.15) is 0 Å². The van der Waals surface area contributed by atoms with Gasteiger partial charge in [-0.15, -0.1) is 0 Å². The molecule has 1 aliphatic heterocycles. The minimum atomic E-state index is -3.16. The molecule has 1 aromatic rings. The molecule has 6 nitrogen and oxygen atoms in total. The molecule has 0 bridgehead atoms. The standard InChI is InChI=1S/C13H18N2O4S/c1-2-13(17)15-10-5-3-9(4-6-10)14-11-7-20(18,19)8-12(11)16/h3-6,11-12,14,16H,2,7-8H2,1H3,(H,15,17). The number of benzene rings is 1. The summed E-state index contributed by atoms with van der Waals surface area (Å²) in [7, 11) is -3.16. The topological polar surface area (TPSA) is 95.5 Å². The zero-order chi connectivity index (χ0) is 14.8. The third-order valence-corrected chi connectivity index (χ3v) is 4.88. The summed E-state index contributed by atoms with van der Waals surface area (Å²) in [6.45, 7) is 1.77. The van der Waals surface area contributed by atoms with E-state index in [0.29, 0.717) is 17.8 Å². The molecule has 1 saturated heterocycles. The van der Waals surface area contributed by atoms with E-state index in [1.807, 2.05) is 0 Å².